The van der Waals surface area contributed by atoms with Crippen molar-refractivity contribution in [3.8, 4) is 0 Å². The molecule has 21 nitrogen and oxygen atoms in total. The molecule has 1 spiro atoms. The first-order valence-electron chi connectivity index (χ1n) is 15.1. The number of nitrogens with zero attached hydrogens (tertiary/aromatic N) is 7. The summed E-state index contributed by atoms with van der Waals surface area (Å²) in [7, 11) is -3.09. The van der Waals surface area contributed by atoms with Gasteiger partial charge in [0, 0.05) is 12.5 Å². The van der Waals surface area contributed by atoms with Gasteiger partial charge in [-0.1, -0.05) is 0 Å². The van der Waals surface area contributed by atoms with Crippen molar-refractivity contribution in [1.29, 1.82) is 0 Å². The SMILES string of the molecule is CCO[P@@]1(=O)OC[C@]23C[C@@H]2[C@@H](n2cnc4c(N)ncnc42)[C@H](O)[C@@H]3OP(O)(=S)OC[C@H]2O[C@@H](n3cnc4c(=O)[nH]c(N)nc43)[C@H](O1)[C@@H]2OC. The summed E-state index contributed by atoms with van der Waals surface area (Å²) in [5.41, 5.74) is 11.0. The fourth-order valence-electron chi connectivity index (χ4n) is 7.30. The molecule has 2 bridgehead atoms. The zero-order valence-corrected chi connectivity index (χ0v) is 28.4. The Morgan fingerprint density at radius 2 is 1.92 bits per heavy atom. The molecule has 4 aromatic rings. The molecular formula is C25H32N10O11P2S. The van der Waals surface area contributed by atoms with Crippen LogP contribution in [0.2, 0.25) is 0 Å². The lowest BCUT2D eigenvalue weighted by atomic mass is 10.0. The molecule has 0 amide bonds. The van der Waals surface area contributed by atoms with Gasteiger partial charge >= 0.3 is 14.5 Å². The van der Waals surface area contributed by atoms with Crippen LogP contribution < -0.4 is 17.0 Å². The molecule has 2 aliphatic heterocycles. The second-order valence-corrected chi connectivity index (χ2v) is 16.6. The van der Waals surface area contributed by atoms with Gasteiger partial charge in [-0.25, -0.2) is 24.5 Å². The number of aromatic amines is 1. The van der Waals surface area contributed by atoms with Gasteiger partial charge in [-0.05, 0) is 31.1 Å². The molecule has 264 valence electrons. The van der Waals surface area contributed by atoms with E-state index in [0.717, 1.165) is 0 Å². The Hall–Kier alpha value is -2.98. The first-order chi connectivity index (χ1) is 23.4. The first kappa shape index (κ1) is 33.2. The van der Waals surface area contributed by atoms with Crippen molar-refractivity contribution < 1.29 is 46.7 Å². The van der Waals surface area contributed by atoms with Crippen LogP contribution in [0.4, 0.5) is 11.8 Å². The average molecular weight is 743 g/mol. The second-order valence-electron chi connectivity index (χ2n) is 12.1. The minimum absolute atomic E-state index is 0.0396. The van der Waals surface area contributed by atoms with Gasteiger partial charge in [0.25, 0.3) is 5.56 Å². The van der Waals surface area contributed by atoms with Crippen molar-refractivity contribution in [3.63, 3.8) is 0 Å². The van der Waals surface area contributed by atoms with Crippen molar-refractivity contribution in [3.05, 3.63) is 29.3 Å². The Labute approximate surface area is 281 Å². The summed E-state index contributed by atoms with van der Waals surface area (Å²) in [6.07, 6.45) is -2.39. The minimum Gasteiger partial charge on any atom is -0.388 e. The van der Waals surface area contributed by atoms with Gasteiger partial charge in [-0.3, -0.25) is 27.9 Å². The van der Waals surface area contributed by atoms with Gasteiger partial charge in [0.15, 0.2) is 28.9 Å². The summed E-state index contributed by atoms with van der Waals surface area (Å²) in [5.74, 6) is -0.356. The number of hydrogen-bond acceptors (Lipinski definition) is 18. The number of phosphoric acid groups is 1. The number of methoxy groups -OCH3 is 1. The van der Waals surface area contributed by atoms with Gasteiger partial charge in [0.2, 0.25) is 5.95 Å². The van der Waals surface area contributed by atoms with Crippen LogP contribution in [0, 0.1) is 11.3 Å². The molecule has 7 N–H and O–H groups in total. The highest BCUT2D eigenvalue weighted by Crippen LogP contribution is 2.72. The van der Waals surface area contributed by atoms with Crippen LogP contribution >= 0.6 is 14.5 Å². The van der Waals surface area contributed by atoms with Crippen molar-refractivity contribution in [2.24, 2.45) is 11.3 Å². The Morgan fingerprint density at radius 3 is 2.69 bits per heavy atom. The standard InChI is InChI=1S/C25H32N10O11P2S/c1-3-41-47(38)43-6-25-4-10(25)14(34-8-30-12-19(26)28-7-29-20(12)34)15(36)18(25)46-48(39,49)42-5-11-16(40-2)17(45-47)23(44-11)35-9-31-13-21(35)32-24(27)33-22(13)37/h7-11,14-18,23,36H,3-6H2,1-2H3,(H,39,49)(H2,26,28,29)(H3,27,32,33,37)/t10-,11-,14-,15+,16-,17-,18+,23-,25-,47+,48?/m1/s1. The summed E-state index contributed by atoms with van der Waals surface area (Å²) in [6, 6.07) is -0.678. The number of phosphoric ester groups is 1. The highest BCUT2D eigenvalue weighted by Gasteiger charge is 2.74. The molecule has 4 aromatic heterocycles. The molecule has 8 rings (SSSR count). The third-order valence-corrected chi connectivity index (χ3v) is 12.6. The van der Waals surface area contributed by atoms with E-state index < -0.39 is 68.3 Å². The van der Waals surface area contributed by atoms with E-state index in [-0.39, 0.29) is 48.7 Å². The summed E-state index contributed by atoms with van der Waals surface area (Å²) in [5, 5.41) is 11.7. The lowest BCUT2D eigenvalue weighted by Crippen LogP contribution is -2.38. The maximum atomic E-state index is 14.4. The number of H-pyrrole nitrogens is 1. The van der Waals surface area contributed by atoms with E-state index in [2.05, 4.69) is 29.9 Å². The van der Waals surface area contributed by atoms with E-state index in [0.29, 0.717) is 17.6 Å². The molecule has 6 heterocycles. The van der Waals surface area contributed by atoms with Crippen molar-refractivity contribution >= 4 is 60.4 Å². The number of aromatic nitrogens is 8. The van der Waals surface area contributed by atoms with E-state index in [1.54, 1.807) is 11.5 Å². The number of anilines is 2. The highest BCUT2D eigenvalue weighted by molar-refractivity contribution is 8.07. The number of fused-ring (bicyclic) bond motifs is 4. The van der Waals surface area contributed by atoms with Crippen LogP contribution in [0.3, 0.4) is 0 Å². The largest absolute Gasteiger partial charge is 0.475 e. The Bertz CT molecular complexity index is 2100. The van der Waals surface area contributed by atoms with Crippen LogP contribution in [0.5, 0.6) is 0 Å². The molecule has 4 aliphatic rings. The lowest BCUT2D eigenvalue weighted by Gasteiger charge is -2.32. The fraction of sp³-hybridized carbons (Fsp3) is 0.600. The Morgan fingerprint density at radius 1 is 1.14 bits per heavy atom. The van der Waals surface area contributed by atoms with Crippen molar-refractivity contribution in [2.75, 3.05) is 38.4 Å². The third kappa shape index (κ3) is 5.33. The van der Waals surface area contributed by atoms with Gasteiger partial charge in [-0.2, -0.15) is 4.98 Å². The number of imidazole rings is 2. The van der Waals surface area contributed by atoms with Crippen molar-refractivity contribution in [2.45, 2.75) is 56.1 Å². The molecule has 1 unspecified atom stereocenters. The van der Waals surface area contributed by atoms with Crippen LogP contribution in [0.1, 0.15) is 25.6 Å². The van der Waals surface area contributed by atoms with Crippen molar-refractivity contribution in [1.82, 2.24) is 39.0 Å². The van der Waals surface area contributed by atoms with Crippen LogP contribution in [0.15, 0.2) is 23.8 Å². The maximum Gasteiger partial charge on any atom is 0.475 e. The zero-order chi connectivity index (χ0) is 34.5. The number of hydrogen-bond donors (Lipinski definition) is 5. The van der Waals surface area contributed by atoms with E-state index in [4.69, 9.17) is 55.4 Å². The summed E-state index contributed by atoms with van der Waals surface area (Å²) in [4.78, 5) is 47.3. The smallest absolute Gasteiger partial charge is 0.388 e. The maximum absolute atomic E-state index is 14.4. The van der Waals surface area contributed by atoms with E-state index in [9.17, 15) is 19.4 Å². The van der Waals surface area contributed by atoms with E-state index in [1.165, 1.54) is 30.7 Å². The number of nitrogens with two attached hydrogens (primary N) is 2. The molecule has 4 fully saturated rings. The molecule has 24 heteroatoms. The monoisotopic (exact) mass is 742 g/mol. The summed E-state index contributed by atoms with van der Waals surface area (Å²) < 4.78 is 59.2. The van der Waals surface area contributed by atoms with Gasteiger partial charge < -0.3 is 44.6 Å². The van der Waals surface area contributed by atoms with E-state index >= 15 is 0 Å². The quantitative estimate of drug-likeness (QED) is 0.170. The Kier molecular flexibility index (Phi) is 7.98. The summed E-state index contributed by atoms with van der Waals surface area (Å²) >= 11 is 5.44. The van der Waals surface area contributed by atoms with Crippen LogP contribution in [0.25, 0.3) is 22.3 Å². The third-order valence-electron chi connectivity index (χ3n) is 9.49. The number of aliphatic hydroxyl groups excluding tert-OH is 1. The number of rotatable bonds is 5. The number of aliphatic hydroxyl groups is 1. The van der Waals surface area contributed by atoms with Gasteiger partial charge in [0.05, 0.1) is 38.5 Å². The molecule has 2 aliphatic carbocycles. The molecular weight excluding hydrogens is 710 g/mol. The number of nitrogens with one attached hydrogen (secondary N) is 1. The zero-order valence-electron chi connectivity index (χ0n) is 25.8. The molecule has 49 heavy (non-hydrogen) atoms. The summed E-state index contributed by atoms with van der Waals surface area (Å²) in [6.45, 7) is -3.24. The molecule has 2 saturated heterocycles. The average Bonchev–Trinajstić information content (AvgIpc) is 3.35. The normalized spacial score (nSPS) is 39.3. The highest BCUT2D eigenvalue weighted by atomic mass is 32.5. The molecule has 0 aromatic carbocycles. The van der Waals surface area contributed by atoms with Gasteiger partial charge in [0.1, 0.15) is 42.4 Å². The lowest BCUT2D eigenvalue weighted by molar-refractivity contribution is -0.0636. The predicted molar refractivity (Wildman–Crippen MR) is 170 cm³/mol. The molecule has 2 saturated carbocycles. The van der Waals surface area contributed by atoms with Crippen LogP contribution in [-0.2, 0) is 48.5 Å². The topological polar surface area (TPSA) is 281 Å². The van der Waals surface area contributed by atoms with Crippen LogP contribution in [-0.4, -0.2) is 106 Å². The number of ether oxygens (including phenoxy) is 2. The number of nitrogen functional groups attached to an aromatic ring is 2. The molecule has 11 atom stereocenters. The predicted octanol–water partition coefficient (Wildman–Crippen LogP) is 0.137. The Balaban J connectivity index is 1.18. The fourth-order valence-corrected chi connectivity index (χ4v) is 10.2. The van der Waals surface area contributed by atoms with E-state index in [1.807, 2.05) is 0 Å². The first-order valence-corrected chi connectivity index (χ1v) is 19.2. The second kappa shape index (κ2) is 11.8. The minimum atomic E-state index is -4.46. The molecule has 0 radical (unpaired) electrons. The van der Waals surface area contributed by atoms with Gasteiger partial charge in [-0.15, -0.1) is 0 Å².